The van der Waals surface area contributed by atoms with Crippen LogP contribution in [0.15, 0.2) is 18.2 Å². The van der Waals surface area contributed by atoms with Gasteiger partial charge in [-0.05, 0) is 51.8 Å². The fraction of sp³-hybridized carbons (Fsp3) is 0.571. The molecule has 3 heteroatoms. The summed E-state index contributed by atoms with van der Waals surface area (Å²) in [5, 5.41) is 3.28. The maximum absolute atomic E-state index is 13.4. The molecule has 1 N–H and O–H groups in total. The molecule has 1 atom stereocenters. The Morgan fingerprint density at radius 3 is 2.59 bits per heavy atom. The lowest BCUT2D eigenvalue weighted by Gasteiger charge is -2.27. The fourth-order valence-electron chi connectivity index (χ4n) is 1.84. The summed E-state index contributed by atoms with van der Waals surface area (Å²) in [6.07, 6.45) is 0.860. The van der Waals surface area contributed by atoms with E-state index in [1.54, 1.807) is 20.1 Å². The van der Waals surface area contributed by atoms with Crippen molar-refractivity contribution >= 4 is 5.69 Å². The summed E-state index contributed by atoms with van der Waals surface area (Å²) < 4.78 is 18.7. The predicted molar refractivity (Wildman–Crippen MR) is 69.9 cm³/mol. The Labute approximate surface area is 103 Å². The molecule has 0 aliphatic heterocycles. The summed E-state index contributed by atoms with van der Waals surface area (Å²) in [5.41, 5.74) is 1.31. The van der Waals surface area contributed by atoms with Crippen molar-refractivity contribution in [3.8, 4) is 0 Å². The van der Waals surface area contributed by atoms with Gasteiger partial charge >= 0.3 is 0 Å². The van der Waals surface area contributed by atoms with Gasteiger partial charge in [0.25, 0.3) is 0 Å². The molecule has 1 unspecified atom stereocenters. The van der Waals surface area contributed by atoms with Gasteiger partial charge < -0.3 is 10.1 Å². The number of hydrogen-bond acceptors (Lipinski definition) is 2. The van der Waals surface area contributed by atoms with Crippen LogP contribution in [0.25, 0.3) is 0 Å². The first-order valence-electron chi connectivity index (χ1n) is 5.92. The highest BCUT2D eigenvalue weighted by molar-refractivity contribution is 5.45. The monoisotopic (exact) mass is 239 g/mol. The van der Waals surface area contributed by atoms with Crippen LogP contribution >= 0.6 is 0 Å². The lowest BCUT2D eigenvalue weighted by atomic mass is 9.99. The molecule has 1 aromatic carbocycles. The molecule has 0 fully saturated rings. The van der Waals surface area contributed by atoms with E-state index in [0.717, 1.165) is 12.1 Å². The maximum atomic E-state index is 13.4. The average Bonchev–Trinajstić information content (AvgIpc) is 2.23. The smallest absolute Gasteiger partial charge is 0.128 e. The summed E-state index contributed by atoms with van der Waals surface area (Å²) in [5.74, 6) is -0.173. The van der Waals surface area contributed by atoms with Crippen LogP contribution in [0.4, 0.5) is 10.1 Å². The lowest BCUT2D eigenvalue weighted by molar-refractivity contribution is 0.0128. The molecule has 0 aromatic heterocycles. The Hall–Kier alpha value is -1.09. The molecule has 0 aliphatic carbocycles. The molecule has 0 amide bonds. The highest BCUT2D eigenvalue weighted by Crippen LogP contribution is 2.20. The van der Waals surface area contributed by atoms with Crippen molar-refractivity contribution in [1.29, 1.82) is 0 Å². The van der Waals surface area contributed by atoms with Gasteiger partial charge in [0.2, 0.25) is 0 Å². The molecular formula is C14H22FNO. The summed E-state index contributed by atoms with van der Waals surface area (Å²) in [7, 11) is 1.71. The van der Waals surface area contributed by atoms with E-state index in [1.807, 2.05) is 19.9 Å². The second kappa shape index (κ2) is 5.50. The van der Waals surface area contributed by atoms with Crippen molar-refractivity contribution in [2.45, 2.75) is 45.8 Å². The number of anilines is 1. The summed E-state index contributed by atoms with van der Waals surface area (Å²) in [6.45, 7) is 7.91. The largest absolute Gasteiger partial charge is 0.382 e. The number of hydrogen-bond donors (Lipinski definition) is 1. The molecule has 1 aromatic rings. The van der Waals surface area contributed by atoms with Crippen LogP contribution in [0, 0.1) is 12.7 Å². The molecule has 2 nitrogen and oxygen atoms in total. The summed E-state index contributed by atoms with van der Waals surface area (Å²) in [6, 6.07) is 5.44. The SMILES string of the molecule is COC(C)(C)CC(C)Nc1ccc(C)c(F)c1. The first kappa shape index (κ1) is 14.0. The van der Waals surface area contributed by atoms with Crippen LogP contribution in [0.2, 0.25) is 0 Å². The van der Waals surface area contributed by atoms with Gasteiger partial charge in [-0.3, -0.25) is 0 Å². The van der Waals surface area contributed by atoms with Crippen molar-refractivity contribution in [2.75, 3.05) is 12.4 Å². The number of benzene rings is 1. The minimum atomic E-state index is -0.173. The van der Waals surface area contributed by atoms with E-state index < -0.39 is 0 Å². The van der Waals surface area contributed by atoms with Crippen molar-refractivity contribution < 1.29 is 9.13 Å². The second-order valence-corrected chi connectivity index (χ2v) is 5.18. The molecule has 0 heterocycles. The van der Waals surface area contributed by atoms with Gasteiger partial charge in [-0.15, -0.1) is 0 Å². The van der Waals surface area contributed by atoms with Gasteiger partial charge in [0.15, 0.2) is 0 Å². The van der Waals surface area contributed by atoms with E-state index in [1.165, 1.54) is 6.07 Å². The number of halogens is 1. The molecule has 1 rings (SSSR count). The second-order valence-electron chi connectivity index (χ2n) is 5.18. The van der Waals surface area contributed by atoms with Gasteiger partial charge in [-0.2, -0.15) is 0 Å². The van der Waals surface area contributed by atoms with E-state index in [-0.39, 0.29) is 17.5 Å². The van der Waals surface area contributed by atoms with Gasteiger partial charge in [-0.1, -0.05) is 6.07 Å². The zero-order chi connectivity index (χ0) is 13.1. The molecule has 17 heavy (non-hydrogen) atoms. The van der Waals surface area contributed by atoms with Crippen LogP contribution in [-0.2, 0) is 4.74 Å². The number of rotatable bonds is 5. The van der Waals surface area contributed by atoms with Gasteiger partial charge in [-0.25, -0.2) is 4.39 Å². The van der Waals surface area contributed by atoms with Gasteiger partial charge in [0.1, 0.15) is 5.82 Å². The van der Waals surface area contributed by atoms with E-state index in [2.05, 4.69) is 12.2 Å². The third-order valence-electron chi connectivity index (χ3n) is 2.94. The Kier molecular flexibility index (Phi) is 4.52. The summed E-state index contributed by atoms with van der Waals surface area (Å²) >= 11 is 0. The topological polar surface area (TPSA) is 21.3 Å². The highest BCUT2D eigenvalue weighted by atomic mass is 19.1. The lowest BCUT2D eigenvalue weighted by Crippen LogP contribution is -2.31. The van der Waals surface area contributed by atoms with Crippen molar-refractivity contribution in [3.63, 3.8) is 0 Å². The molecule has 0 saturated heterocycles. The van der Waals surface area contributed by atoms with Crippen molar-refractivity contribution in [3.05, 3.63) is 29.6 Å². The molecule has 0 aliphatic rings. The van der Waals surface area contributed by atoms with E-state index >= 15 is 0 Å². The fourth-order valence-corrected chi connectivity index (χ4v) is 1.84. The maximum Gasteiger partial charge on any atom is 0.128 e. The van der Waals surface area contributed by atoms with Crippen LogP contribution in [0.5, 0.6) is 0 Å². The van der Waals surface area contributed by atoms with E-state index in [4.69, 9.17) is 4.74 Å². The minimum Gasteiger partial charge on any atom is -0.382 e. The molecule has 96 valence electrons. The number of methoxy groups -OCH3 is 1. The Balaban J connectivity index is 2.62. The predicted octanol–water partition coefficient (Wildman–Crippen LogP) is 3.75. The van der Waals surface area contributed by atoms with Crippen molar-refractivity contribution in [1.82, 2.24) is 0 Å². The van der Waals surface area contributed by atoms with Crippen LogP contribution in [-0.4, -0.2) is 18.8 Å². The summed E-state index contributed by atoms with van der Waals surface area (Å²) in [4.78, 5) is 0. The Bertz CT molecular complexity index is 376. The number of ether oxygens (including phenoxy) is 1. The first-order valence-corrected chi connectivity index (χ1v) is 5.92. The van der Waals surface area contributed by atoms with Crippen LogP contribution < -0.4 is 5.32 Å². The number of aryl methyl sites for hydroxylation is 1. The molecule has 0 spiro atoms. The highest BCUT2D eigenvalue weighted by Gasteiger charge is 2.20. The van der Waals surface area contributed by atoms with Crippen molar-refractivity contribution in [2.24, 2.45) is 0 Å². The Morgan fingerprint density at radius 2 is 2.06 bits per heavy atom. The first-order chi connectivity index (χ1) is 7.84. The quantitative estimate of drug-likeness (QED) is 0.845. The molecule has 0 saturated carbocycles. The van der Waals surface area contributed by atoms with Crippen LogP contribution in [0.3, 0.4) is 0 Å². The zero-order valence-corrected chi connectivity index (χ0v) is 11.3. The normalized spacial score (nSPS) is 13.5. The third kappa shape index (κ3) is 4.35. The van der Waals surface area contributed by atoms with Crippen LogP contribution in [0.1, 0.15) is 32.8 Å². The molecule has 0 bridgehead atoms. The zero-order valence-electron chi connectivity index (χ0n) is 11.3. The third-order valence-corrected chi connectivity index (χ3v) is 2.94. The van der Waals surface area contributed by atoms with Gasteiger partial charge in [0, 0.05) is 18.8 Å². The van der Waals surface area contributed by atoms with Gasteiger partial charge in [0.05, 0.1) is 5.60 Å². The number of nitrogens with one attached hydrogen (secondary N) is 1. The molecular weight excluding hydrogens is 217 g/mol. The minimum absolute atomic E-state index is 0.171. The standard InChI is InChI=1S/C14H22FNO/c1-10-6-7-12(8-13(10)15)16-11(2)9-14(3,4)17-5/h6-8,11,16H,9H2,1-5H3. The van der Waals surface area contributed by atoms with E-state index in [9.17, 15) is 4.39 Å². The molecule has 0 radical (unpaired) electrons. The van der Waals surface area contributed by atoms with E-state index in [0.29, 0.717) is 5.56 Å². The average molecular weight is 239 g/mol. The Morgan fingerprint density at radius 1 is 1.41 bits per heavy atom.